The van der Waals surface area contributed by atoms with Crippen molar-refractivity contribution in [1.29, 1.82) is 0 Å². The highest BCUT2D eigenvalue weighted by Crippen LogP contribution is 2.42. The van der Waals surface area contributed by atoms with E-state index in [1.54, 1.807) is 24.4 Å². The SMILES string of the molecule is Cc1cc(C2C(c3ccccn3)NC(=S)N2CCC(=O)Nc2ccc(F)cc2)c(C)n1-c1cc(Cl)ccc1O. The summed E-state index contributed by atoms with van der Waals surface area (Å²) >= 11 is 12.0. The van der Waals surface area contributed by atoms with E-state index in [-0.39, 0.29) is 36.0 Å². The monoisotopic (exact) mass is 563 g/mol. The lowest BCUT2D eigenvalue weighted by Crippen LogP contribution is -2.32. The molecule has 4 aromatic rings. The Morgan fingerprint density at radius 3 is 2.64 bits per heavy atom. The highest BCUT2D eigenvalue weighted by Gasteiger charge is 2.41. The molecule has 39 heavy (non-hydrogen) atoms. The van der Waals surface area contributed by atoms with Gasteiger partial charge in [0.25, 0.3) is 0 Å². The van der Waals surface area contributed by atoms with Crippen LogP contribution in [0.5, 0.6) is 5.75 Å². The molecule has 0 saturated carbocycles. The minimum atomic E-state index is -0.367. The fraction of sp³-hybridized carbons (Fsp3) is 0.207. The average molecular weight is 564 g/mol. The van der Waals surface area contributed by atoms with Crippen LogP contribution in [0.3, 0.4) is 0 Å². The molecule has 200 valence electrons. The van der Waals surface area contributed by atoms with E-state index in [9.17, 15) is 14.3 Å². The standard InChI is InChI=1S/C29H27ClFN5O2S/c1-17-15-22(18(2)36(17)24-16-19(30)6-11-25(24)37)28-27(23-5-3-4-13-32-23)34-29(39)35(28)14-12-26(38)33-21-9-7-20(31)8-10-21/h3-11,13,15-16,27-28,37H,12,14H2,1-2H3,(H,33,38)(H,34,39). The van der Waals surface area contributed by atoms with E-state index in [1.807, 2.05) is 41.5 Å². The smallest absolute Gasteiger partial charge is 0.226 e. The quantitative estimate of drug-likeness (QED) is 0.240. The van der Waals surface area contributed by atoms with E-state index in [2.05, 4.69) is 21.7 Å². The number of aromatic hydroxyl groups is 1. The predicted molar refractivity (Wildman–Crippen MR) is 154 cm³/mol. The number of hydrogen-bond donors (Lipinski definition) is 3. The molecule has 2 aromatic carbocycles. The van der Waals surface area contributed by atoms with Crippen molar-refractivity contribution in [2.75, 3.05) is 11.9 Å². The third-order valence-corrected chi connectivity index (χ3v) is 7.46. The van der Waals surface area contributed by atoms with Gasteiger partial charge in [0.05, 0.1) is 23.5 Å². The molecule has 10 heteroatoms. The zero-order valence-corrected chi connectivity index (χ0v) is 22.9. The Kier molecular flexibility index (Phi) is 7.54. The number of phenols is 1. The summed E-state index contributed by atoms with van der Waals surface area (Å²) in [5.41, 5.74) is 4.72. The van der Waals surface area contributed by atoms with Crippen LogP contribution >= 0.6 is 23.8 Å². The van der Waals surface area contributed by atoms with Crippen LogP contribution in [0.4, 0.5) is 10.1 Å². The lowest BCUT2D eigenvalue weighted by molar-refractivity contribution is -0.116. The molecule has 7 nitrogen and oxygen atoms in total. The zero-order valence-electron chi connectivity index (χ0n) is 21.4. The number of amides is 1. The zero-order chi connectivity index (χ0) is 27.7. The second-order valence-electron chi connectivity index (χ2n) is 9.42. The number of benzene rings is 2. The van der Waals surface area contributed by atoms with Crippen LogP contribution < -0.4 is 10.6 Å². The van der Waals surface area contributed by atoms with E-state index in [4.69, 9.17) is 23.8 Å². The second kappa shape index (κ2) is 11.0. The van der Waals surface area contributed by atoms with Gasteiger partial charge in [0.15, 0.2) is 5.11 Å². The van der Waals surface area contributed by atoms with E-state index in [0.717, 1.165) is 22.6 Å². The van der Waals surface area contributed by atoms with Gasteiger partial charge in [-0.1, -0.05) is 17.7 Å². The Morgan fingerprint density at radius 1 is 1.15 bits per heavy atom. The lowest BCUT2D eigenvalue weighted by Gasteiger charge is -2.28. The maximum absolute atomic E-state index is 13.2. The topological polar surface area (TPSA) is 82.4 Å². The Bertz CT molecular complexity index is 1530. The second-order valence-corrected chi connectivity index (χ2v) is 10.2. The number of aryl methyl sites for hydroxylation is 1. The Hall–Kier alpha value is -3.95. The van der Waals surface area contributed by atoms with Crippen LogP contribution in [-0.2, 0) is 4.79 Å². The predicted octanol–water partition coefficient (Wildman–Crippen LogP) is 5.99. The number of pyridine rings is 1. The summed E-state index contributed by atoms with van der Waals surface area (Å²) in [5, 5.41) is 17.9. The summed E-state index contributed by atoms with van der Waals surface area (Å²) in [5.74, 6) is -0.462. The van der Waals surface area contributed by atoms with Crippen LogP contribution in [0.25, 0.3) is 5.69 Å². The highest BCUT2D eigenvalue weighted by molar-refractivity contribution is 7.80. The first-order valence-electron chi connectivity index (χ1n) is 12.4. The van der Waals surface area contributed by atoms with Crippen LogP contribution in [0.2, 0.25) is 5.02 Å². The Balaban J connectivity index is 1.48. The molecule has 2 unspecified atom stereocenters. The van der Waals surface area contributed by atoms with Gasteiger partial charge in [-0.2, -0.15) is 0 Å². The van der Waals surface area contributed by atoms with Crippen molar-refractivity contribution in [3.05, 3.63) is 106 Å². The summed E-state index contributed by atoms with van der Waals surface area (Å²) < 4.78 is 15.2. The molecule has 0 aliphatic carbocycles. The molecule has 2 aromatic heterocycles. The van der Waals surface area contributed by atoms with E-state index in [1.165, 1.54) is 24.3 Å². The average Bonchev–Trinajstić information content (AvgIpc) is 3.40. The van der Waals surface area contributed by atoms with Crippen LogP contribution in [0.15, 0.2) is 72.9 Å². The van der Waals surface area contributed by atoms with Crippen molar-refractivity contribution in [2.45, 2.75) is 32.4 Å². The third-order valence-electron chi connectivity index (χ3n) is 6.87. The molecule has 1 amide bonds. The molecular weight excluding hydrogens is 537 g/mol. The van der Waals surface area contributed by atoms with E-state index in [0.29, 0.717) is 28.1 Å². The number of rotatable bonds is 7. The minimum absolute atomic E-state index is 0.114. The van der Waals surface area contributed by atoms with Crippen molar-refractivity contribution < 1.29 is 14.3 Å². The largest absolute Gasteiger partial charge is 0.506 e. The number of carbonyl (C=O) groups excluding carboxylic acids is 1. The van der Waals surface area contributed by atoms with Gasteiger partial charge in [-0.05, 0) is 92.3 Å². The van der Waals surface area contributed by atoms with E-state index >= 15 is 0 Å². The maximum Gasteiger partial charge on any atom is 0.226 e. The number of hydrogen-bond acceptors (Lipinski definition) is 4. The summed E-state index contributed by atoms with van der Waals surface area (Å²) in [6.45, 7) is 4.30. The van der Waals surface area contributed by atoms with Gasteiger partial charge < -0.3 is 25.2 Å². The molecule has 1 aliphatic rings. The summed E-state index contributed by atoms with van der Waals surface area (Å²) in [7, 11) is 0. The first-order valence-corrected chi connectivity index (χ1v) is 13.2. The van der Waals surface area contributed by atoms with Crippen LogP contribution in [0.1, 0.15) is 41.1 Å². The number of nitrogens with one attached hydrogen (secondary N) is 2. The van der Waals surface area contributed by atoms with Gasteiger partial charge >= 0.3 is 0 Å². The van der Waals surface area contributed by atoms with Crippen molar-refractivity contribution in [2.24, 2.45) is 0 Å². The van der Waals surface area contributed by atoms with Crippen molar-refractivity contribution in [3.8, 4) is 11.4 Å². The molecule has 0 spiro atoms. The molecule has 5 rings (SSSR count). The number of thiocarbonyl (C=S) groups is 1. The molecule has 1 aliphatic heterocycles. The molecule has 0 bridgehead atoms. The molecular formula is C29H27ClFN5O2S. The number of carbonyl (C=O) groups is 1. The fourth-order valence-corrected chi connectivity index (χ4v) is 5.60. The van der Waals surface area contributed by atoms with Crippen molar-refractivity contribution in [3.63, 3.8) is 0 Å². The summed E-state index contributed by atoms with van der Waals surface area (Å²) in [4.78, 5) is 19.4. The van der Waals surface area contributed by atoms with Gasteiger partial charge in [-0.25, -0.2) is 4.39 Å². The first-order chi connectivity index (χ1) is 18.7. The highest BCUT2D eigenvalue weighted by atomic mass is 35.5. The van der Waals surface area contributed by atoms with Gasteiger partial charge in [-0.15, -0.1) is 0 Å². The molecule has 2 atom stereocenters. The molecule has 3 N–H and O–H groups in total. The maximum atomic E-state index is 13.2. The van der Waals surface area contributed by atoms with Crippen molar-refractivity contribution >= 4 is 40.5 Å². The minimum Gasteiger partial charge on any atom is -0.506 e. The number of phenolic OH excluding ortho intramolecular Hbond substituents is 1. The number of anilines is 1. The number of nitrogens with zero attached hydrogens (tertiary/aromatic N) is 3. The summed E-state index contributed by atoms with van der Waals surface area (Å²) in [6.07, 6.45) is 1.90. The Morgan fingerprint density at radius 2 is 1.92 bits per heavy atom. The van der Waals surface area contributed by atoms with Gasteiger partial charge in [0.1, 0.15) is 11.6 Å². The van der Waals surface area contributed by atoms with Gasteiger partial charge in [0.2, 0.25) is 5.91 Å². The molecule has 1 fully saturated rings. The van der Waals surface area contributed by atoms with E-state index < -0.39 is 0 Å². The Labute approximate surface area is 236 Å². The first kappa shape index (κ1) is 26.6. The number of halogens is 2. The third kappa shape index (κ3) is 5.46. The summed E-state index contributed by atoms with van der Waals surface area (Å²) in [6, 6.07) is 17.9. The normalized spacial score (nSPS) is 16.8. The van der Waals surface area contributed by atoms with Crippen LogP contribution in [-0.4, -0.2) is 37.1 Å². The number of aromatic nitrogens is 2. The van der Waals surface area contributed by atoms with Crippen LogP contribution in [0, 0.1) is 19.7 Å². The fourth-order valence-electron chi connectivity index (χ4n) is 5.10. The van der Waals surface area contributed by atoms with Crippen molar-refractivity contribution in [1.82, 2.24) is 19.8 Å². The molecule has 0 radical (unpaired) electrons. The lowest BCUT2D eigenvalue weighted by atomic mass is 9.96. The van der Waals surface area contributed by atoms with Gasteiger partial charge in [-0.3, -0.25) is 9.78 Å². The van der Waals surface area contributed by atoms with Gasteiger partial charge in [0, 0.05) is 41.3 Å². The molecule has 3 heterocycles. The molecule has 1 saturated heterocycles.